The molecule has 0 aliphatic carbocycles. The van der Waals surface area contributed by atoms with E-state index in [1.807, 2.05) is 30.3 Å². The monoisotopic (exact) mass is 247 g/mol. The number of hydrazone groups is 1. The van der Waals surface area contributed by atoms with Crippen molar-refractivity contribution in [3.63, 3.8) is 0 Å². The Morgan fingerprint density at radius 2 is 2.00 bits per heavy atom. The van der Waals surface area contributed by atoms with Crippen molar-refractivity contribution in [2.75, 3.05) is 11.2 Å². The largest absolute Gasteiger partial charge is 0.393 e. The van der Waals surface area contributed by atoms with E-state index in [-0.39, 0.29) is 10.8 Å². The summed E-state index contributed by atoms with van der Waals surface area (Å²) >= 11 is 5.74. The Morgan fingerprint density at radius 3 is 2.76 bits per heavy atom. The van der Waals surface area contributed by atoms with Crippen LogP contribution in [-0.2, 0) is 0 Å². The van der Waals surface area contributed by atoms with Gasteiger partial charge in [0.1, 0.15) is 12.0 Å². The maximum Gasteiger partial charge on any atom is 0.174 e. The van der Waals surface area contributed by atoms with Crippen molar-refractivity contribution < 1.29 is 0 Å². The molecule has 0 saturated carbocycles. The van der Waals surface area contributed by atoms with Crippen molar-refractivity contribution in [2.24, 2.45) is 5.10 Å². The molecule has 6 heteroatoms. The van der Waals surface area contributed by atoms with Crippen LogP contribution >= 0.6 is 11.6 Å². The summed E-state index contributed by atoms with van der Waals surface area (Å²) in [5.74, 6) is 0.386. The highest BCUT2D eigenvalue weighted by Crippen LogP contribution is 2.21. The van der Waals surface area contributed by atoms with Crippen LogP contribution < -0.4 is 11.2 Å². The minimum Gasteiger partial charge on any atom is -0.393 e. The lowest BCUT2D eigenvalue weighted by atomic mass is 10.2. The number of nitrogens with zero attached hydrogens (tertiary/aromatic N) is 3. The number of halogens is 1. The summed E-state index contributed by atoms with van der Waals surface area (Å²) in [5.41, 5.74) is 9.63. The van der Waals surface area contributed by atoms with E-state index < -0.39 is 0 Å². The molecule has 0 aliphatic rings. The zero-order valence-electron chi connectivity index (χ0n) is 8.84. The minimum atomic E-state index is 0.206. The van der Waals surface area contributed by atoms with Gasteiger partial charge in [-0.05, 0) is 5.56 Å². The third-order valence-electron chi connectivity index (χ3n) is 2.02. The Hall–Kier alpha value is -2.14. The predicted octanol–water partition coefficient (Wildman–Crippen LogP) is 2.16. The number of nitrogens with one attached hydrogen (secondary N) is 1. The van der Waals surface area contributed by atoms with E-state index in [9.17, 15) is 0 Å². The normalized spacial score (nSPS) is 10.6. The van der Waals surface area contributed by atoms with Gasteiger partial charge in [-0.1, -0.05) is 41.9 Å². The average molecular weight is 248 g/mol. The number of rotatable bonds is 3. The fraction of sp³-hybridized carbons (Fsp3) is 0. The fourth-order valence-corrected chi connectivity index (χ4v) is 1.30. The Labute approximate surface area is 103 Å². The van der Waals surface area contributed by atoms with Gasteiger partial charge in [0, 0.05) is 0 Å². The summed E-state index contributed by atoms with van der Waals surface area (Å²) < 4.78 is 0. The molecule has 2 aromatic rings. The van der Waals surface area contributed by atoms with Gasteiger partial charge < -0.3 is 5.73 Å². The maximum absolute atomic E-state index is 5.74. The van der Waals surface area contributed by atoms with Gasteiger partial charge >= 0.3 is 0 Å². The number of hydrogen-bond donors (Lipinski definition) is 2. The molecule has 17 heavy (non-hydrogen) atoms. The second-order valence-corrected chi connectivity index (χ2v) is 3.57. The van der Waals surface area contributed by atoms with Crippen LogP contribution in [0.3, 0.4) is 0 Å². The van der Waals surface area contributed by atoms with Gasteiger partial charge in [0.15, 0.2) is 11.0 Å². The van der Waals surface area contributed by atoms with Crippen LogP contribution in [0.1, 0.15) is 5.56 Å². The molecule has 0 aliphatic heterocycles. The first kappa shape index (κ1) is 11.3. The third-order valence-corrected chi connectivity index (χ3v) is 2.32. The Morgan fingerprint density at radius 1 is 1.24 bits per heavy atom. The quantitative estimate of drug-likeness (QED) is 0.495. The van der Waals surface area contributed by atoms with Crippen molar-refractivity contribution in [3.05, 3.63) is 47.4 Å². The predicted molar refractivity (Wildman–Crippen MR) is 69.1 cm³/mol. The topological polar surface area (TPSA) is 76.2 Å². The van der Waals surface area contributed by atoms with E-state index in [0.29, 0.717) is 5.82 Å². The molecule has 1 heterocycles. The van der Waals surface area contributed by atoms with E-state index in [1.54, 1.807) is 6.21 Å². The first-order chi connectivity index (χ1) is 8.27. The van der Waals surface area contributed by atoms with Crippen LogP contribution in [0.4, 0.5) is 11.5 Å². The SMILES string of the molecule is Nc1c(Cl)ncnc1NN=Cc1ccccc1. The zero-order valence-corrected chi connectivity index (χ0v) is 9.59. The molecule has 0 atom stereocenters. The molecule has 0 unspecified atom stereocenters. The Balaban J connectivity index is 2.08. The second kappa shape index (κ2) is 5.27. The number of anilines is 2. The summed E-state index contributed by atoms with van der Waals surface area (Å²) in [7, 11) is 0. The lowest BCUT2D eigenvalue weighted by Gasteiger charge is -2.03. The van der Waals surface area contributed by atoms with E-state index >= 15 is 0 Å². The number of nitrogens with two attached hydrogens (primary N) is 1. The molecule has 0 fully saturated rings. The van der Waals surface area contributed by atoms with Gasteiger partial charge in [0.25, 0.3) is 0 Å². The van der Waals surface area contributed by atoms with E-state index in [2.05, 4.69) is 20.5 Å². The van der Waals surface area contributed by atoms with Crippen molar-refractivity contribution in [3.8, 4) is 0 Å². The lowest BCUT2D eigenvalue weighted by molar-refractivity contribution is 1.14. The van der Waals surface area contributed by atoms with Gasteiger partial charge in [-0.2, -0.15) is 5.10 Å². The van der Waals surface area contributed by atoms with Gasteiger partial charge in [0.05, 0.1) is 6.21 Å². The van der Waals surface area contributed by atoms with Gasteiger partial charge in [-0.25, -0.2) is 9.97 Å². The molecule has 1 aromatic carbocycles. The van der Waals surface area contributed by atoms with Gasteiger partial charge in [-0.3, -0.25) is 5.43 Å². The molecular weight excluding hydrogens is 238 g/mol. The lowest BCUT2D eigenvalue weighted by Crippen LogP contribution is -2.00. The van der Waals surface area contributed by atoms with Crippen LogP contribution in [0.15, 0.2) is 41.8 Å². The first-order valence-electron chi connectivity index (χ1n) is 4.87. The molecular formula is C11H10ClN5. The summed E-state index contributed by atoms with van der Waals surface area (Å²) in [6.07, 6.45) is 2.98. The average Bonchev–Trinajstić information content (AvgIpc) is 2.36. The van der Waals surface area contributed by atoms with Crippen LogP contribution in [0.5, 0.6) is 0 Å². The van der Waals surface area contributed by atoms with Crippen molar-refractivity contribution in [2.45, 2.75) is 0 Å². The summed E-state index contributed by atoms with van der Waals surface area (Å²) in [5, 5.41) is 4.22. The third kappa shape index (κ3) is 2.92. The molecule has 2 rings (SSSR count). The molecule has 0 radical (unpaired) electrons. The van der Waals surface area contributed by atoms with Crippen molar-refractivity contribution >= 4 is 29.3 Å². The number of hydrogen-bond acceptors (Lipinski definition) is 5. The fourth-order valence-electron chi connectivity index (χ4n) is 1.17. The summed E-state index contributed by atoms with van der Waals surface area (Å²) in [6, 6.07) is 9.66. The smallest absolute Gasteiger partial charge is 0.174 e. The summed E-state index contributed by atoms with van der Waals surface area (Å²) in [6.45, 7) is 0. The van der Waals surface area contributed by atoms with E-state index in [1.165, 1.54) is 6.33 Å². The zero-order chi connectivity index (χ0) is 12.1. The van der Waals surface area contributed by atoms with Crippen LogP contribution in [0.25, 0.3) is 0 Å². The highest BCUT2D eigenvalue weighted by atomic mass is 35.5. The number of nitrogen functional groups attached to an aromatic ring is 1. The highest BCUT2D eigenvalue weighted by molar-refractivity contribution is 6.32. The number of benzene rings is 1. The molecule has 0 bridgehead atoms. The number of aromatic nitrogens is 2. The van der Waals surface area contributed by atoms with Crippen LogP contribution in [-0.4, -0.2) is 16.2 Å². The standard InChI is InChI=1S/C11H10ClN5/c12-10-9(13)11(15-7-14-10)17-16-6-8-4-2-1-3-5-8/h1-7H,13H2,(H,14,15,17). The molecule has 0 saturated heterocycles. The van der Waals surface area contributed by atoms with Gasteiger partial charge in [-0.15, -0.1) is 0 Å². The second-order valence-electron chi connectivity index (χ2n) is 3.21. The Kier molecular flexibility index (Phi) is 3.52. The highest BCUT2D eigenvalue weighted by Gasteiger charge is 2.03. The van der Waals surface area contributed by atoms with Crippen LogP contribution in [0.2, 0.25) is 5.15 Å². The molecule has 5 nitrogen and oxygen atoms in total. The van der Waals surface area contributed by atoms with E-state index in [4.69, 9.17) is 17.3 Å². The van der Waals surface area contributed by atoms with Gasteiger partial charge in [0.2, 0.25) is 0 Å². The molecule has 0 amide bonds. The first-order valence-corrected chi connectivity index (χ1v) is 5.25. The summed E-state index contributed by atoms with van der Waals surface area (Å²) in [4.78, 5) is 7.67. The molecule has 0 spiro atoms. The van der Waals surface area contributed by atoms with Crippen molar-refractivity contribution in [1.82, 2.24) is 9.97 Å². The van der Waals surface area contributed by atoms with Crippen molar-refractivity contribution in [1.29, 1.82) is 0 Å². The molecule has 1 aromatic heterocycles. The van der Waals surface area contributed by atoms with Crippen LogP contribution in [0, 0.1) is 0 Å². The minimum absolute atomic E-state index is 0.206. The molecule has 3 N–H and O–H groups in total. The van der Waals surface area contributed by atoms with E-state index in [0.717, 1.165) is 5.56 Å². The molecule has 86 valence electrons. The maximum atomic E-state index is 5.74. The Bertz CT molecular complexity index is 527.